The van der Waals surface area contributed by atoms with Crippen molar-refractivity contribution in [1.82, 2.24) is 0 Å². The number of ether oxygens (including phenoxy) is 1. The molecule has 2 nitrogen and oxygen atoms in total. The van der Waals surface area contributed by atoms with Gasteiger partial charge in [-0.1, -0.05) is 0 Å². The van der Waals surface area contributed by atoms with E-state index in [1.54, 1.807) is 0 Å². The van der Waals surface area contributed by atoms with Crippen LogP contribution in [0, 0.1) is 0 Å². The fraction of sp³-hybridized carbons (Fsp3) is 0.652. The fourth-order valence-electron chi connectivity index (χ4n) is 3.53. The van der Waals surface area contributed by atoms with Crippen LogP contribution in [0.2, 0.25) is 13.3 Å². The molecule has 166 valence electrons. The van der Waals surface area contributed by atoms with Crippen molar-refractivity contribution in [3.63, 3.8) is 0 Å². The van der Waals surface area contributed by atoms with E-state index in [0.29, 0.717) is 0 Å². The average molecular weight is 521 g/mol. The zero-order chi connectivity index (χ0) is 21.8. The van der Waals surface area contributed by atoms with E-state index >= 15 is 0 Å². The molecule has 1 aromatic rings. The Kier molecular flexibility index (Phi) is 12.3. The first-order valence-electron chi connectivity index (χ1n) is 10.9. The molecule has 0 amide bonds. The average Bonchev–Trinajstić information content (AvgIpc) is 2.70. The summed E-state index contributed by atoms with van der Waals surface area (Å²) in [5, 5.41) is 10.4. The summed E-state index contributed by atoms with van der Waals surface area (Å²) in [4.78, 5) is 0. The maximum absolute atomic E-state index is 12.8. The van der Waals surface area contributed by atoms with Crippen molar-refractivity contribution in [2.45, 2.75) is 84.9 Å². The molecule has 1 aromatic carbocycles. The standard InChI is InChI=1S/C11H10F3O2.3C4H9.Sn/c1-2-9(15)7-16-10-5-3-4-8(6-10)11(12,13)14;3*1-3-4-2;/h1-6,9,15H,7H2;3*1,3-4H2,2H3;/t9-;;;;/m1..../s1. The molecule has 29 heavy (non-hydrogen) atoms. The Morgan fingerprint density at radius 1 is 1.00 bits per heavy atom. The molecule has 0 bridgehead atoms. The Morgan fingerprint density at radius 3 is 2.03 bits per heavy atom. The quantitative estimate of drug-likeness (QED) is 0.259. The summed E-state index contributed by atoms with van der Waals surface area (Å²) in [5.74, 6) is 0.130. The number of rotatable bonds is 14. The first-order valence-corrected chi connectivity index (χ1v) is 18.6. The van der Waals surface area contributed by atoms with Gasteiger partial charge in [0.15, 0.2) is 0 Å². The van der Waals surface area contributed by atoms with Crippen molar-refractivity contribution in [3.05, 3.63) is 40.0 Å². The molecule has 0 saturated carbocycles. The summed E-state index contributed by atoms with van der Waals surface area (Å²) in [6.07, 6.45) is 3.95. The molecule has 0 heterocycles. The van der Waals surface area contributed by atoms with Crippen molar-refractivity contribution >= 4 is 18.4 Å². The van der Waals surface area contributed by atoms with Crippen LogP contribution in [0.5, 0.6) is 5.75 Å². The van der Waals surface area contributed by atoms with Crippen molar-refractivity contribution < 1.29 is 23.0 Å². The van der Waals surface area contributed by atoms with Crippen molar-refractivity contribution in [2.24, 2.45) is 0 Å². The summed E-state index contributed by atoms with van der Waals surface area (Å²) < 4.78 is 50.2. The van der Waals surface area contributed by atoms with Gasteiger partial charge in [-0.15, -0.1) is 0 Å². The number of alkyl halides is 3. The van der Waals surface area contributed by atoms with Crippen molar-refractivity contribution in [2.75, 3.05) is 6.61 Å². The molecular weight excluding hydrogens is 484 g/mol. The molecule has 0 radical (unpaired) electrons. The van der Waals surface area contributed by atoms with E-state index in [1.807, 2.05) is 6.08 Å². The second-order valence-electron chi connectivity index (χ2n) is 7.94. The minimum absolute atomic E-state index is 0.0326. The van der Waals surface area contributed by atoms with Crippen LogP contribution < -0.4 is 4.74 Å². The van der Waals surface area contributed by atoms with Gasteiger partial charge in [-0.25, -0.2) is 0 Å². The molecule has 1 rings (SSSR count). The number of halogens is 3. The predicted octanol–water partition coefficient (Wildman–Crippen LogP) is 7.39. The number of aliphatic hydroxyl groups is 1. The normalized spacial score (nSPS) is 13.8. The van der Waals surface area contributed by atoms with Crippen LogP contribution >= 0.6 is 0 Å². The van der Waals surface area contributed by atoms with Gasteiger partial charge >= 0.3 is 179 Å². The van der Waals surface area contributed by atoms with Gasteiger partial charge < -0.3 is 0 Å². The molecule has 0 aliphatic rings. The van der Waals surface area contributed by atoms with E-state index in [4.69, 9.17) is 4.74 Å². The molecule has 6 heteroatoms. The third-order valence-electron chi connectivity index (χ3n) is 5.34. The minimum atomic E-state index is -4.40. The van der Waals surface area contributed by atoms with Crippen LogP contribution in [-0.4, -0.2) is 36.2 Å². The first-order chi connectivity index (χ1) is 13.8. The molecule has 0 unspecified atom stereocenters. The van der Waals surface area contributed by atoms with Crippen LogP contribution in [0.25, 0.3) is 0 Å². The number of benzene rings is 1. The molecule has 1 atom stereocenters. The van der Waals surface area contributed by atoms with E-state index in [-0.39, 0.29) is 12.4 Å². The summed E-state index contributed by atoms with van der Waals surface area (Å²) in [7, 11) is 0. The molecule has 0 saturated heterocycles. The second kappa shape index (κ2) is 13.6. The summed E-state index contributed by atoms with van der Waals surface area (Å²) in [5.41, 5.74) is -0.742. The van der Waals surface area contributed by atoms with Gasteiger partial charge in [0.25, 0.3) is 0 Å². The van der Waals surface area contributed by atoms with Crippen LogP contribution in [0.1, 0.15) is 64.9 Å². The zero-order valence-corrected chi connectivity index (χ0v) is 21.0. The molecule has 0 aromatic heterocycles. The molecule has 0 fully saturated rings. The Hall–Kier alpha value is -0.691. The van der Waals surface area contributed by atoms with E-state index in [2.05, 4.69) is 24.9 Å². The molecule has 0 spiro atoms. The number of hydrogen-bond donors (Lipinski definition) is 1. The van der Waals surface area contributed by atoms with Gasteiger partial charge in [-0.05, 0) is 0 Å². The third-order valence-corrected chi connectivity index (χ3v) is 19.5. The van der Waals surface area contributed by atoms with Crippen molar-refractivity contribution in [1.29, 1.82) is 0 Å². The van der Waals surface area contributed by atoms with Crippen LogP contribution in [0.15, 0.2) is 34.4 Å². The molecular formula is C23H37F3O2Sn. The van der Waals surface area contributed by atoms with Gasteiger partial charge in [0, 0.05) is 0 Å². The summed E-state index contributed by atoms with van der Waals surface area (Å²) in [6.45, 7) is 6.63. The number of hydrogen-bond acceptors (Lipinski definition) is 2. The van der Waals surface area contributed by atoms with E-state index in [1.165, 1.54) is 64.0 Å². The predicted molar refractivity (Wildman–Crippen MR) is 117 cm³/mol. The van der Waals surface area contributed by atoms with Gasteiger partial charge in [0.1, 0.15) is 0 Å². The van der Waals surface area contributed by atoms with Crippen LogP contribution in [-0.2, 0) is 6.18 Å². The van der Waals surface area contributed by atoms with Gasteiger partial charge in [0.2, 0.25) is 0 Å². The third kappa shape index (κ3) is 10.3. The van der Waals surface area contributed by atoms with E-state index in [0.717, 1.165) is 12.1 Å². The fourth-order valence-corrected chi connectivity index (χ4v) is 17.9. The van der Waals surface area contributed by atoms with Gasteiger partial charge in [0.05, 0.1) is 0 Å². The SMILES string of the molecule is CCC[CH2][Sn](/[CH]=C\[C@@H](O)COc1cccc(C(F)(F)F)c1)([CH2]CCC)[CH2]CCC. The maximum atomic E-state index is 12.8. The molecule has 0 aliphatic heterocycles. The zero-order valence-electron chi connectivity index (χ0n) is 18.1. The first kappa shape index (κ1) is 26.3. The van der Waals surface area contributed by atoms with Gasteiger partial charge in [-0.3, -0.25) is 0 Å². The summed E-state index contributed by atoms with van der Waals surface area (Å²) in [6, 6.07) is 4.80. The summed E-state index contributed by atoms with van der Waals surface area (Å²) >= 11 is -2.47. The Balaban J connectivity index is 2.78. The number of unbranched alkanes of at least 4 members (excludes halogenated alkanes) is 3. The van der Waals surface area contributed by atoms with Crippen LogP contribution in [0.3, 0.4) is 0 Å². The second-order valence-corrected chi connectivity index (χ2v) is 20.9. The molecule has 0 aliphatic carbocycles. The Morgan fingerprint density at radius 2 is 1.55 bits per heavy atom. The van der Waals surface area contributed by atoms with E-state index < -0.39 is 36.2 Å². The van der Waals surface area contributed by atoms with Gasteiger partial charge in [-0.2, -0.15) is 0 Å². The van der Waals surface area contributed by atoms with Crippen LogP contribution in [0.4, 0.5) is 13.2 Å². The van der Waals surface area contributed by atoms with Crippen molar-refractivity contribution in [3.8, 4) is 5.75 Å². The Labute approximate surface area is 178 Å². The Bertz CT molecular complexity index is 580. The van der Waals surface area contributed by atoms with E-state index in [9.17, 15) is 18.3 Å². The monoisotopic (exact) mass is 522 g/mol. The topological polar surface area (TPSA) is 29.5 Å². The number of aliphatic hydroxyl groups excluding tert-OH is 1. The molecule has 1 N–H and O–H groups in total.